The second kappa shape index (κ2) is 7.49. The third kappa shape index (κ3) is 3.95. The third-order valence-corrected chi connectivity index (χ3v) is 4.16. The van der Waals surface area contributed by atoms with E-state index in [1.54, 1.807) is 0 Å². The van der Waals surface area contributed by atoms with Gasteiger partial charge in [0.15, 0.2) is 0 Å². The summed E-state index contributed by atoms with van der Waals surface area (Å²) in [6.45, 7) is 2.69. The number of aromatic nitrogens is 2. The molecule has 5 heteroatoms. The summed E-state index contributed by atoms with van der Waals surface area (Å²) >= 11 is 6.07. The molecule has 24 heavy (non-hydrogen) atoms. The number of fused-ring (bicyclic) bond motifs is 1. The van der Waals surface area contributed by atoms with Gasteiger partial charge >= 0.3 is 0 Å². The van der Waals surface area contributed by atoms with Crippen molar-refractivity contribution in [2.45, 2.75) is 26.2 Å². The first-order chi connectivity index (χ1) is 11.6. The molecule has 0 aliphatic carbocycles. The van der Waals surface area contributed by atoms with Crippen LogP contribution in [0.4, 0.5) is 5.95 Å². The molecule has 0 atom stereocenters. The maximum absolute atomic E-state index is 6.07. The van der Waals surface area contributed by atoms with Crippen LogP contribution in [0.25, 0.3) is 10.9 Å². The zero-order valence-electron chi connectivity index (χ0n) is 13.6. The number of benzene rings is 2. The Morgan fingerprint density at radius 3 is 2.75 bits per heavy atom. The average molecular weight is 342 g/mol. The molecule has 0 saturated heterocycles. The van der Waals surface area contributed by atoms with Gasteiger partial charge in [0.05, 0.1) is 22.8 Å². The van der Waals surface area contributed by atoms with E-state index in [1.807, 2.05) is 36.4 Å². The lowest BCUT2D eigenvalue weighted by molar-refractivity contribution is 0.307. The topological polar surface area (TPSA) is 61.0 Å². The quantitative estimate of drug-likeness (QED) is 0.667. The van der Waals surface area contributed by atoms with E-state index in [-0.39, 0.29) is 0 Å². The Bertz CT molecular complexity index is 851. The molecule has 0 amide bonds. The molecule has 3 rings (SSSR count). The van der Waals surface area contributed by atoms with Crippen molar-refractivity contribution < 1.29 is 4.74 Å². The molecule has 0 fully saturated rings. The number of hydrogen-bond donors (Lipinski definition) is 1. The smallest absolute Gasteiger partial charge is 0.220 e. The Hall–Kier alpha value is -2.33. The number of nitrogens with zero attached hydrogens (tertiary/aromatic N) is 2. The van der Waals surface area contributed by atoms with Gasteiger partial charge in [-0.1, -0.05) is 35.4 Å². The highest BCUT2D eigenvalue weighted by atomic mass is 35.5. The number of nitrogens with two attached hydrogens (primary N) is 1. The molecule has 0 radical (unpaired) electrons. The highest BCUT2D eigenvalue weighted by Gasteiger charge is 2.07. The van der Waals surface area contributed by atoms with Crippen LogP contribution in [-0.4, -0.2) is 16.6 Å². The number of rotatable bonds is 6. The summed E-state index contributed by atoms with van der Waals surface area (Å²) < 4.78 is 5.72. The maximum Gasteiger partial charge on any atom is 0.220 e. The molecule has 0 spiro atoms. The Morgan fingerprint density at radius 2 is 1.92 bits per heavy atom. The van der Waals surface area contributed by atoms with Crippen molar-refractivity contribution in [1.82, 2.24) is 9.97 Å². The molecule has 0 unspecified atom stereocenters. The Morgan fingerprint density at radius 1 is 1.08 bits per heavy atom. The minimum Gasteiger partial charge on any atom is -0.492 e. The van der Waals surface area contributed by atoms with Crippen molar-refractivity contribution in [3.63, 3.8) is 0 Å². The highest BCUT2D eigenvalue weighted by Crippen LogP contribution is 2.24. The van der Waals surface area contributed by atoms with Crippen LogP contribution in [0, 0.1) is 6.92 Å². The highest BCUT2D eigenvalue weighted by molar-refractivity contribution is 6.32. The summed E-state index contributed by atoms with van der Waals surface area (Å²) in [6.07, 6.45) is 2.73. The van der Waals surface area contributed by atoms with E-state index in [2.05, 4.69) is 23.0 Å². The van der Waals surface area contributed by atoms with Crippen LogP contribution in [0.1, 0.15) is 24.1 Å². The minimum absolute atomic E-state index is 0.327. The van der Waals surface area contributed by atoms with Crippen LogP contribution in [0.5, 0.6) is 5.75 Å². The Kier molecular flexibility index (Phi) is 5.16. The number of nitrogen functional groups attached to an aromatic ring is 1. The van der Waals surface area contributed by atoms with Crippen molar-refractivity contribution in [3.8, 4) is 5.75 Å². The summed E-state index contributed by atoms with van der Waals surface area (Å²) in [7, 11) is 0. The normalized spacial score (nSPS) is 10.9. The van der Waals surface area contributed by atoms with Crippen molar-refractivity contribution in [1.29, 1.82) is 0 Å². The summed E-state index contributed by atoms with van der Waals surface area (Å²) in [5, 5.41) is 1.72. The zero-order chi connectivity index (χ0) is 16.9. The van der Waals surface area contributed by atoms with Crippen LogP contribution < -0.4 is 10.5 Å². The molecule has 124 valence electrons. The maximum atomic E-state index is 6.07. The van der Waals surface area contributed by atoms with E-state index in [0.717, 1.165) is 41.6 Å². The van der Waals surface area contributed by atoms with Gasteiger partial charge in [-0.05, 0) is 50.5 Å². The number of unbranched alkanes of at least 4 members (excludes halogenated alkanes) is 1. The first-order valence-electron chi connectivity index (χ1n) is 8.03. The van der Waals surface area contributed by atoms with E-state index in [4.69, 9.17) is 22.1 Å². The lowest BCUT2D eigenvalue weighted by Gasteiger charge is -2.09. The number of halogens is 1. The number of para-hydroxylation sites is 1. The van der Waals surface area contributed by atoms with Gasteiger partial charge in [-0.2, -0.15) is 0 Å². The monoisotopic (exact) mass is 341 g/mol. The first-order valence-corrected chi connectivity index (χ1v) is 8.41. The fourth-order valence-electron chi connectivity index (χ4n) is 2.65. The zero-order valence-corrected chi connectivity index (χ0v) is 14.4. The van der Waals surface area contributed by atoms with Crippen LogP contribution in [0.3, 0.4) is 0 Å². The van der Waals surface area contributed by atoms with Gasteiger partial charge in [-0.25, -0.2) is 9.97 Å². The Labute approximate surface area is 146 Å². The fourth-order valence-corrected chi connectivity index (χ4v) is 2.84. The Balaban J connectivity index is 1.60. The van der Waals surface area contributed by atoms with E-state index in [9.17, 15) is 0 Å². The molecular formula is C19H20ClN3O. The molecule has 0 bridgehead atoms. The van der Waals surface area contributed by atoms with Gasteiger partial charge in [-0.3, -0.25) is 0 Å². The molecule has 4 nitrogen and oxygen atoms in total. The molecular weight excluding hydrogens is 322 g/mol. The predicted octanol–water partition coefficient (Wildman–Crippen LogP) is 4.58. The van der Waals surface area contributed by atoms with Crippen molar-refractivity contribution in [2.24, 2.45) is 0 Å². The van der Waals surface area contributed by atoms with Gasteiger partial charge in [0.1, 0.15) is 5.75 Å². The van der Waals surface area contributed by atoms with Gasteiger partial charge in [0.2, 0.25) is 5.95 Å². The van der Waals surface area contributed by atoms with Crippen molar-refractivity contribution in [2.75, 3.05) is 12.3 Å². The molecule has 0 saturated carbocycles. The van der Waals surface area contributed by atoms with E-state index in [1.165, 1.54) is 5.56 Å². The standard InChI is InChI=1S/C19H20ClN3O/c1-13-9-10-17-14(12-13)16(22-19(21)23-17)7-4-5-11-24-18-8-3-2-6-15(18)20/h2-3,6,8-10,12H,4-5,7,11H2,1H3,(H2,21,22,23). The molecule has 3 aromatic rings. The average Bonchev–Trinajstić information content (AvgIpc) is 2.56. The van der Waals surface area contributed by atoms with E-state index >= 15 is 0 Å². The number of ether oxygens (including phenoxy) is 1. The second-order valence-corrected chi connectivity index (χ2v) is 6.19. The van der Waals surface area contributed by atoms with Crippen LogP contribution in [0.15, 0.2) is 42.5 Å². The summed E-state index contributed by atoms with van der Waals surface area (Å²) in [4.78, 5) is 8.72. The van der Waals surface area contributed by atoms with Gasteiger partial charge in [-0.15, -0.1) is 0 Å². The van der Waals surface area contributed by atoms with E-state index in [0.29, 0.717) is 17.6 Å². The second-order valence-electron chi connectivity index (χ2n) is 5.79. The first kappa shape index (κ1) is 16.5. The SMILES string of the molecule is Cc1ccc2nc(N)nc(CCCCOc3ccccc3Cl)c2c1. The fraction of sp³-hybridized carbons (Fsp3) is 0.263. The number of aryl methyl sites for hydroxylation is 2. The lowest BCUT2D eigenvalue weighted by Crippen LogP contribution is -2.03. The molecule has 1 heterocycles. The summed E-state index contributed by atoms with van der Waals surface area (Å²) in [5.74, 6) is 1.06. The minimum atomic E-state index is 0.327. The lowest BCUT2D eigenvalue weighted by atomic mass is 10.1. The molecule has 2 N–H and O–H groups in total. The predicted molar refractivity (Wildman–Crippen MR) is 98.6 cm³/mol. The van der Waals surface area contributed by atoms with E-state index < -0.39 is 0 Å². The largest absolute Gasteiger partial charge is 0.492 e. The van der Waals surface area contributed by atoms with Crippen LogP contribution >= 0.6 is 11.6 Å². The molecule has 0 aliphatic rings. The van der Waals surface area contributed by atoms with Gasteiger partial charge in [0.25, 0.3) is 0 Å². The number of anilines is 1. The summed E-state index contributed by atoms with van der Waals surface area (Å²) in [6, 6.07) is 13.7. The van der Waals surface area contributed by atoms with Crippen LogP contribution in [-0.2, 0) is 6.42 Å². The third-order valence-electron chi connectivity index (χ3n) is 3.85. The number of hydrogen-bond acceptors (Lipinski definition) is 4. The van der Waals surface area contributed by atoms with Crippen molar-refractivity contribution in [3.05, 3.63) is 58.7 Å². The molecule has 2 aromatic carbocycles. The van der Waals surface area contributed by atoms with Gasteiger partial charge in [0, 0.05) is 5.39 Å². The van der Waals surface area contributed by atoms with Gasteiger partial charge < -0.3 is 10.5 Å². The molecule has 1 aromatic heterocycles. The molecule has 0 aliphatic heterocycles. The van der Waals surface area contributed by atoms with Crippen LogP contribution in [0.2, 0.25) is 5.02 Å². The summed E-state index contributed by atoms with van der Waals surface area (Å²) in [5.41, 5.74) is 8.92. The van der Waals surface area contributed by atoms with Crippen molar-refractivity contribution >= 4 is 28.5 Å².